The van der Waals surface area contributed by atoms with E-state index in [0.717, 1.165) is 25.1 Å². The van der Waals surface area contributed by atoms with Crippen LogP contribution in [0.2, 0.25) is 0 Å². The predicted molar refractivity (Wildman–Crippen MR) is 71.6 cm³/mol. The van der Waals surface area contributed by atoms with Gasteiger partial charge in [-0.15, -0.1) is 0 Å². The molecule has 104 valence electrons. The van der Waals surface area contributed by atoms with Crippen molar-refractivity contribution in [2.24, 2.45) is 0 Å². The lowest BCUT2D eigenvalue weighted by molar-refractivity contribution is -0.145. The van der Waals surface area contributed by atoms with Crippen molar-refractivity contribution in [3.05, 3.63) is 42.1 Å². The van der Waals surface area contributed by atoms with Gasteiger partial charge in [-0.2, -0.15) is 0 Å². The highest BCUT2D eigenvalue weighted by atomic mass is 19.1. The molecule has 2 heterocycles. The van der Waals surface area contributed by atoms with Gasteiger partial charge < -0.3 is 9.30 Å². The molecule has 3 rings (SSSR count). The summed E-state index contributed by atoms with van der Waals surface area (Å²) in [4.78, 5) is 16.3. The Morgan fingerprint density at radius 1 is 1.45 bits per heavy atom. The lowest BCUT2D eigenvalue weighted by Crippen LogP contribution is -2.25. The average molecular weight is 274 g/mol. The number of halogens is 1. The molecule has 1 aliphatic rings. The average Bonchev–Trinajstić information content (AvgIpc) is 2.90. The first-order valence-electron chi connectivity index (χ1n) is 6.61. The minimum atomic E-state index is -0.350. The van der Waals surface area contributed by atoms with Crippen LogP contribution >= 0.6 is 0 Å². The van der Waals surface area contributed by atoms with Crippen molar-refractivity contribution in [2.45, 2.75) is 25.3 Å². The van der Waals surface area contributed by atoms with Crippen LogP contribution in [0.4, 0.5) is 4.39 Å². The summed E-state index contributed by atoms with van der Waals surface area (Å²) in [6.07, 6.45) is 4.15. The Bertz CT molecular complexity index is 651. The molecule has 0 spiro atoms. The highest BCUT2D eigenvalue weighted by Gasteiger charge is 2.28. The van der Waals surface area contributed by atoms with E-state index >= 15 is 0 Å². The van der Waals surface area contributed by atoms with Gasteiger partial charge in [-0.05, 0) is 25.0 Å². The van der Waals surface area contributed by atoms with Crippen molar-refractivity contribution < 1.29 is 13.9 Å². The largest absolute Gasteiger partial charge is 0.467 e. The molecule has 1 aromatic heterocycles. The van der Waals surface area contributed by atoms with Crippen LogP contribution in [0, 0.1) is 5.82 Å². The van der Waals surface area contributed by atoms with E-state index in [4.69, 9.17) is 4.74 Å². The third kappa shape index (κ3) is 2.09. The number of carbonyl (C=O) groups excluding carboxylic acids is 1. The zero-order valence-electron chi connectivity index (χ0n) is 11.2. The Kier molecular flexibility index (Phi) is 3.26. The molecule has 0 fully saturated rings. The van der Waals surface area contributed by atoms with Crippen molar-refractivity contribution in [3.8, 4) is 11.3 Å². The second-order valence-electron chi connectivity index (χ2n) is 4.86. The number of nitrogens with zero attached hydrogens (tertiary/aromatic N) is 2. The molecule has 1 aliphatic heterocycles. The third-order valence-corrected chi connectivity index (χ3v) is 3.65. The topological polar surface area (TPSA) is 44.1 Å². The standard InChI is InChI=1S/C15H15FN2O2/c1-20-15(19)13-7-4-8-14-17-12(9-18(13)14)10-5-2-3-6-11(10)16/h2-3,5-6,9,13H,4,7-8H2,1H3. The molecule has 1 aromatic carbocycles. The van der Waals surface area contributed by atoms with E-state index in [-0.39, 0.29) is 17.8 Å². The second-order valence-corrected chi connectivity index (χ2v) is 4.86. The monoisotopic (exact) mass is 274 g/mol. The van der Waals surface area contributed by atoms with Crippen molar-refractivity contribution in [2.75, 3.05) is 7.11 Å². The molecule has 0 bridgehead atoms. The summed E-state index contributed by atoms with van der Waals surface area (Å²) in [5.41, 5.74) is 1.02. The Hall–Kier alpha value is -2.17. The fourth-order valence-electron chi connectivity index (χ4n) is 2.65. The Morgan fingerprint density at radius 3 is 3.00 bits per heavy atom. The predicted octanol–water partition coefficient (Wildman–Crippen LogP) is 2.74. The summed E-state index contributed by atoms with van der Waals surface area (Å²) in [6.45, 7) is 0. The Labute approximate surface area is 116 Å². The molecule has 2 aromatic rings. The number of hydrogen-bond acceptors (Lipinski definition) is 3. The molecular weight excluding hydrogens is 259 g/mol. The molecule has 0 amide bonds. The Balaban J connectivity index is 2.04. The van der Waals surface area contributed by atoms with Gasteiger partial charge in [-0.25, -0.2) is 14.2 Å². The number of aryl methyl sites for hydroxylation is 1. The molecule has 0 aliphatic carbocycles. The third-order valence-electron chi connectivity index (χ3n) is 3.65. The maximum absolute atomic E-state index is 13.8. The van der Waals surface area contributed by atoms with Gasteiger partial charge in [0.15, 0.2) is 0 Å². The molecule has 20 heavy (non-hydrogen) atoms. The Morgan fingerprint density at radius 2 is 2.25 bits per heavy atom. The number of ether oxygens (including phenoxy) is 1. The van der Waals surface area contributed by atoms with Crippen LogP contribution in [0.1, 0.15) is 24.7 Å². The number of esters is 1. The van der Waals surface area contributed by atoms with Crippen LogP contribution in [-0.4, -0.2) is 22.6 Å². The van der Waals surface area contributed by atoms with E-state index in [1.54, 1.807) is 24.4 Å². The van der Waals surface area contributed by atoms with E-state index in [9.17, 15) is 9.18 Å². The molecule has 0 saturated carbocycles. The van der Waals surface area contributed by atoms with Crippen molar-refractivity contribution in [3.63, 3.8) is 0 Å². The van der Waals surface area contributed by atoms with E-state index in [1.807, 2.05) is 4.57 Å². The van der Waals surface area contributed by atoms with Crippen LogP contribution in [0.3, 0.4) is 0 Å². The number of hydrogen-bond donors (Lipinski definition) is 0. The molecule has 0 N–H and O–H groups in total. The smallest absolute Gasteiger partial charge is 0.328 e. The maximum atomic E-state index is 13.8. The summed E-state index contributed by atoms with van der Waals surface area (Å²) in [5.74, 6) is 0.228. The molecule has 1 unspecified atom stereocenters. The first-order valence-corrected chi connectivity index (χ1v) is 6.61. The van der Waals surface area contributed by atoms with E-state index < -0.39 is 0 Å². The number of carbonyl (C=O) groups is 1. The van der Waals surface area contributed by atoms with Gasteiger partial charge in [-0.1, -0.05) is 12.1 Å². The van der Waals surface area contributed by atoms with Gasteiger partial charge >= 0.3 is 5.97 Å². The first-order chi connectivity index (χ1) is 9.70. The molecule has 0 radical (unpaired) electrons. The van der Waals surface area contributed by atoms with Crippen molar-refractivity contribution in [1.29, 1.82) is 0 Å². The van der Waals surface area contributed by atoms with Gasteiger partial charge in [0.2, 0.25) is 0 Å². The number of benzene rings is 1. The highest BCUT2D eigenvalue weighted by molar-refractivity contribution is 5.74. The zero-order chi connectivity index (χ0) is 14.1. The SMILES string of the molecule is COC(=O)C1CCCc2nc(-c3ccccc3F)cn21. The number of methoxy groups -OCH3 is 1. The van der Waals surface area contributed by atoms with Gasteiger partial charge in [-0.3, -0.25) is 0 Å². The summed E-state index contributed by atoms with van der Waals surface area (Å²) < 4.78 is 20.5. The molecule has 0 saturated heterocycles. The summed E-state index contributed by atoms with van der Waals surface area (Å²) >= 11 is 0. The molecule has 1 atom stereocenters. The highest BCUT2D eigenvalue weighted by Crippen LogP contribution is 2.30. The van der Waals surface area contributed by atoms with E-state index in [1.165, 1.54) is 13.2 Å². The zero-order valence-corrected chi connectivity index (χ0v) is 11.2. The normalized spacial score (nSPS) is 17.6. The van der Waals surface area contributed by atoms with Gasteiger partial charge in [0.1, 0.15) is 17.7 Å². The minimum absolute atomic E-state index is 0.275. The first kappa shape index (κ1) is 12.8. The van der Waals surface area contributed by atoms with Crippen LogP contribution in [0.15, 0.2) is 30.5 Å². The quantitative estimate of drug-likeness (QED) is 0.791. The van der Waals surface area contributed by atoms with Gasteiger partial charge in [0, 0.05) is 18.2 Å². The number of fused-ring (bicyclic) bond motifs is 1. The van der Waals surface area contributed by atoms with E-state index in [2.05, 4.69) is 4.98 Å². The van der Waals surface area contributed by atoms with E-state index in [0.29, 0.717) is 11.3 Å². The van der Waals surface area contributed by atoms with Crippen LogP contribution < -0.4 is 0 Å². The maximum Gasteiger partial charge on any atom is 0.328 e. The summed E-state index contributed by atoms with van der Waals surface area (Å²) in [5, 5.41) is 0. The van der Waals surface area contributed by atoms with Crippen molar-refractivity contribution >= 4 is 5.97 Å². The summed E-state index contributed by atoms with van der Waals surface area (Å²) in [7, 11) is 1.38. The lowest BCUT2D eigenvalue weighted by Gasteiger charge is -2.22. The minimum Gasteiger partial charge on any atom is -0.467 e. The van der Waals surface area contributed by atoms with Gasteiger partial charge in [0.25, 0.3) is 0 Å². The molecular formula is C15H15FN2O2. The second kappa shape index (κ2) is 5.07. The van der Waals surface area contributed by atoms with Crippen LogP contribution in [0.5, 0.6) is 0 Å². The van der Waals surface area contributed by atoms with Gasteiger partial charge in [0.05, 0.1) is 12.8 Å². The van der Waals surface area contributed by atoms with Crippen LogP contribution in [0.25, 0.3) is 11.3 Å². The molecule has 4 nitrogen and oxygen atoms in total. The number of imidazole rings is 1. The van der Waals surface area contributed by atoms with Crippen molar-refractivity contribution in [1.82, 2.24) is 9.55 Å². The number of aromatic nitrogens is 2. The van der Waals surface area contributed by atoms with Crippen LogP contribution in [-0.2, 0) is 16.0 Å². The number of rotatable bonds is 2. The molecule has 5 heteroatoms. The fraction of sp³-hybridized carbons (Fsp3) is 0.333. The summed E-state index contributed by atoms with van der Waals surface area (Å²) in [6, 6.07) is 6.17. The fourth-order valence-corrected chi connectivity index (χ4v) is 2.65. The lowest BCUT2D eigenvalue weighted by atomic mass is 10.1.